The molecule has 2 heterocycles. The Balaban J connectivity index is 0.966. The van der Waals surface area contributed by atoms with Crippen molar-refractivity contribution in [3.8, 4) is 56.0 Å². The minimum Gasteiger partial charge on any atom is -0.455 e. The highest BCUT2D eigenvalue weighted by molar-refractivity contribution is 6.09. The van der Waals surface area contributed by atoms with Crippen molar-refractivity contribution in [2.45, 2.75) is 0 Å². The van der Waals surface area contributed by atoms with Crippen molar-refractivity contribution in [3.05, 3.63) is 200 Å². The maximum atomic E-state index is 6.80. The average Bonchev–Trinajstić information content (AvgIpc) is 3.64. The predicted molar refractivity (Wildman–Crippen MR) is 228 cm³/mol. The van der Waals surface area contributed by atoms with Gasteiger partial charge in [-0.15, -0.1) is 0 Å². The number of furan rings is 1. The number of ether oxygens (including phenoxy) is 1. The standard InChI is InChI=1S/C52H33NO2/c1-2-10-34(11-3-1)39-26-30-47-50(32-39)54-51-33-40(43-16-8-13-37-12-4-5-14-42(37)43)27-31-48(51)53(47)41-28-24-36(25-29-41)35-20-22-38(23-21-35)44-17-9-18-46-45-15-6-7-19-49(45)55-52(44)46/h1-33H. The van der Waals surface area contributed by atoms with Crippen LogP contribution in [0.5, 0.6) is 11.5 Å². The Kier molecular flexibility index (Phi) is 7.17. The van der Waals surface area contributed by atoms with Gasteiger partial charge in [-0.2, -0.15) is 0 Å². The SMILES string of the molecule is c1ccc(-c2ccc3c(c2)Oc2cc(-c4cccc5ccccc45)ccc2N3c2ccc(-c3ccc(-c4cccc5c4oc4ccccc45)cc3)cc2)cc1. The van der Waals surface area contributed by atoms with Crippen LogP contribution in [0, 0.1) is 0 Å². The second kappa shape index (κ2) is 12.6. The second-order valence-electron chi connectivity index (χ2n) is 14.1. The summed E-state index contributed by atoms with van der Waals surface area (Å²) >= 11 is 0. The molecule has 9 aromatic carbocycles. The van der Waals surface area contributed by atoms with E-state index in [4.69, 9.17) is 9.15 Å². The monoisotopic (exact) mass is 703 g/mol. The van der Waals surface area contributed by atoms with Crippen molar-refractivity contribution in [2.75, 3.05) is 4.90 Å². The third-order valence-corrected chi connectivity index (χ3v) is 10.9. The summed E-state index contributed by atoms with van der Waals surface area (Å²) in [6.45, 7) is 0. The van der Waals surface area contributed by atoms with E-state index in [0.717, 1.165) is 89.4 Å². The smallest absolute Gasteiger partial charge is 0.152 e. The first kappa shape index (κ1) is 31.2. The van der Waals surface area contributed by atoms with E-state index in [2.05, 4.69) is 187 Å². The zero-order chi connectivity index (χ0) is 36.3. The number of hydrogen-bond acceptors (Lipinski definition) is 3. The van der Waals surface area contributed by atoms with Crippen LogP contribution in [0.15, 0.2) is 205 Å². The fraction of sp³-hybridized carbons (Fsp3) is 0. The highest BCUT2D eigenvalue weighted by Gasteiger charge is 2.27. The summed E-state index contributed by atoms with van der Waals surface area (Å²) in [5.41, 5.74) is 14.0. The lowest BCUT2D eigenvalue weighted by Gasteiger charge is -2.33. The molecule has 0 saturated carbocycles. The molecule has 0 radical (unpaired) electrons. The molecule has 3 nitrogen and oxygen atoms in total. The Morgan fingerprint density at radius 3 is 1.69 bits per heavy atom. The first-order valence-corrected chi connectivity index (χ1v) is 18.7. The van der Waals surface area contributed by atoms with Crippen LogP contribution in [-0.2, 0) is 0 Å². The Hall–Kier alpha value is -7.36. The number of para-hydroxylation sites is 2. The van der Waals surface area contributed by atoms with Gasteiger partial charge in [-0.3, -0.25) is 0 Å². The molecule has 10 aromatic rings. The average molecular weight is 704 g/mol. The van der Waals surface area contributed by atoms with E-state index < -0.39 is 0 Å². The van der Waals surface area contributed by atoms with Gasteiger partial charge in [-0.1, -0.05) is 158 Å². The Morgan fingerprint density at radius 2 is 0.891 bits per heavy atom. The van der Waals surface area contributed by atoms with E-state index in [1.165, 1.54) is 16.3 Å². The number of anilines is 3. The van der Waals surface area contributed by atoms with Gasteiger partial charge in [-0.25, -0.2) is 0 Å². The normalized spacial score (nSPS) is 12.1. The van der Waals surface area contributed by atoms with Crippen molar-refractivity contribution in [3.63, 3.8) is 0 Å². The van der Waals surface area contributed by atoms with Crippen LogP contribution in [0.2, 0.25) is 0 Å². The highest BCUT2D eigenvalue weighted by atomic mass is 16.5. The maximum absolute atomic E-state index is 6.80. The van der Waals surface area contributed by atoms with Crippen LogP contribution in [0.1, 0.15) is 0 Å². The molecule has 0 unspecified atom stereocenters. The van der Waals surface area contributed by atoms with Crippen molar-refractivity contribution in [1.29, 1.82) is 0 Å². The second-order valence-corrected chi connectivity index (χ2v) is 14.1. The molecule has 0 spiro atoms. The first-order valence-electron chi connectivity index (χ1n) is 18.7. The van der Waals surface area contributed by atoms with E-state index in [-0.39, 0.29) is 0 Å². The Bertz CT molecular complexity index is 3050. The van der Waals surface area contributed by atoms with Gasteiger partial charge in [0.2, 0.25) is 0 Å². The van der Waals surface area contributed by atoms with Crippen LogP contribution >= 0.6 is 0 Å². The van der Waals surface area contributed by atoms with Crippen molar-refractivity contribution < 1.29 is 9.15 Å². The van der Waals surface area contributed by atoms with Gasteiger partial charge in [-0.05, 0) is 92.2 Å². The summed E-state index contributed by atoms with van der Waals surface area (Å²) in [4.78, 5) is 2.32. The summed E-state index contributed by atoms with van der Waals surface area (Å²) < 4.78 is 13.1. The van der Waals surface area contributed by atoms with E-state index in [0.29, 0.717) is 0 Å². The fourth-order valence-corrected chi connectivity index (χ4v) is 8.16. The molecule has 0 N–H and O–H groups in total. The minimum atomic E-state index is 0.822. The molecule has 1 aliphatic heterocycles. The first-order chi connectivity index (χ1) is 27.2. The zero-order valence-corrected chi connectivity index (χ0v) is 29.8. The molecule has 0 atom stereocenters. The summed E-state index contributed by atoms with van der Waals surface area (Å²) in [5.74, 6) is 1.64. The summed E-state index contributed by atoms with van der Waals surface area (Å²) in [7, 11) is 0. The van der Waals surface area contributed by atoms with Crippen molar-refractivity contribution in [1.82, 2.24) is 0 Å². The van der Waals surface area contributed by atoms with Gasteiger partial charge >= 0.3 is 0 Å². The molecular weight excluding hydrogens is 671 g/mol. The molecule has 0 bridgehead atoms. The molecule has 55 heavy (non-hydrogen) atoms. The molecular formula is C52H33NO2. The molecule has 1 aromatic heterocycles. The van der Waals surface area contributed by atoms with Gasteiger partial charge < -0.3 is 14.1 Å². The number of benzene rings is 9. The number of rotatable bonds is 5. The van der Waals surface area contributed by atoms with Gasteiger partial charge in [0.25, 0.3) is 0 Å². The Labute approximate surface area is 318 Å². The molecule has 0 saturated heterocycles. The zero-order valence-electron chi connectivity index (χ0n) is 29.8. The lowest BCUT2D eigenvalue weighted by atomic mass is 9.97. The predicted octanol–water partition coefficient (Wildman–Crippen LogP) is 15.0. The van der Waals surface area contributed by atoms with Gasteiger partial charge in [0.1, 0.15) is 11.2 Å². The summed E-state index contributed by atoms with van der Waals surface area (Å²) in [5, 5.41) is 4.72. The van der Waals surface area contributed by atoms with Crippen LogP contribution in [0.25, 0.3) is 77.2 Å². The van der Waals surface area contributed by atoms with Crippen LogP contribution in [0.3, 0.4) is 0 Å². The third kappa shape index (κ3) is 5.28. The van der Waals surface area contributed by atoms with Gasteiger partial charge in [0.15, 0.2) is 11.5 Å². The van der Waals surface area contributed by atoms with E-state index in [9.17, 15) is 0 Å². The van der Waals surface area contributed by atoms with E-state index in [1.807, 2.05) is 18.2 Å². The summed E-state index contributed by atoms with van der Waals surface area (Å²) in [6, 6.07) is 70.8. The van der Waals surface area contributed by atoms with Crippen LogP contribution in [-0.4, -0.2) is 0 Å². The lowest BCUT2D eigenvalue weighted by Crippen LogP contribution is -2.16. The molecule has 0 aliphatic carbocycles. The number of nitrogens with zero attached hydrogens (tertiary/aromatic N) is 1. The van der Waals surface area contributed by atoms with E-state index >= 15 is 0 Å². The van der Waals surface area contributed by atoms with Gasteiger partial charge in [0.05, 0.1) is 11.4 Å². The topological polar surface area (TPSA) is 25.6 Å². The van der Waals surface area contributed by atoms with Crippen molar-refractivity contribution in [2.24, 2.45) is 0 Å². The maximum Gasteiger partial charge on any atom is 0.152 e. The fourth-order valence-electron chi connectivity index (χ4n) is 8.16. The minimum absolute atomic E-state index is 0.822. The van der Waals surface area contributed by atoms with Crippen LogP contribution < -0.4 is 9.64 Å². The Morgan fingerprint density at radius 1 is 0.345 bits per heavy atom. The largest absolute Gasteiger partial charge is 0.455 e. The van der Waals surface area contributed by atoms with Crippen molar-refractivity contribution >= 4 is 49.8 Å². The van der Waals surface area contributed by atoms with Gasteiger partial charge in [0, 0.05) is 22.0 Å². The molecule has 11 rings (SSSR count). The lowest BCUT2D eigenvalue weighted by molar-refractivity contribution is 0.477. The van der Waals surface area contributed by atoms with E-state index in [1.54, 1.807) is 0 Å². The molecule has 0 amide bonds. The number of fused-ring (bicyclic) bond motifs is 6. The number of hydrogen-bond donors (Lipinski definition) is 0. The molecule has 258 valence electrons. The highest BCUT2D eigenvalue weighted by Crippen LogP contribution is 2.52. The van der Waals surface area contributed by atoms with Crippen LogP contribution in [0.4, 0.5) is 17.1 Å². The molecule has 3 heteroatoms. The molecule has 1 aliphatic rings. The summed E-state index contributed by atoms with van der Waals surface area (Å²) in [6.07, 6.45) is 0. The molecule has 0 fully saturated rings. The third-order valence-electron chi connectivity index (χ3n) is 10.9. The quantitative estimate of drug-likeness (QED) is 0.178.